The Morgan fingerprint density at radius 2 is 1.72 bits per heavy atom. The normalized spacial score (nSPS) is 11.0. The van der Waals surface area contributed by atoms with Crippen molar-refractivity contribution < 1.29 is 31.1 Å². The monoisotopic (exact) mass is 485 g/mol. The van der Waals surface area contributed by atoms with Gasteiger partial charge in [0.2, 0.25) is 0 Å². The van der Waals surface area contributed by atoms with Crippen LogP contribution in [0.2, 0.25) is 5.02 Å². The van der Waals surface area contributed by atoms with E-state index in [2.05, 4.69) is 15.6 Å². The second-order valence-corrected chi connectivity index (χ2v) is 8.40. The first kappa shape index (κ1) is 23.2. The van der Waals surface area contributed by atoms with Crippen LogP contribution in [0.25, 0.3) is 0 Å². The molecule has 0 saturated carbocycles. The number of hydrogen-bond acceptors (Lipinski definition) is 5. The molecule has 3 rings (SSSR count). The standard InChI is InChI=1S/C20H15ClF3N3O4S/c1-31-17-8-5-12(21)10-16(17)27-32(29,30)13-4-2-3-11(9-13)20(28)26-25-15-7-6-14(22)18(23)19(15)24/h2-10,25,27H,1H3,(H,26,28). The molecule has 0 aliphatic carbocycles. The second-order valence-electron chi connectivity index (χ2n) is 6.28. The lowest BCUT2D eigenvalue weighted by molar-refractivity contribution is 0.0962. The zero-order valence-corrected chi connectivity index (χ0v) is 17.8. The van der Waals surface area contributed by atoms with Gasteiger partial charge in [0, 0.05) is 10.6 Å². The van der Waals surface area contributed by atoms with E-state index in [1.165, 1.54) is 43.5 Å². The highest BCUT2D eigenvalue weighted by molar-refractivity contribution is 7.92. The van der Waals surface area contributed by atoms with E-state index in [1.54, 1.807) is 0 Å². The Balaban J connectivity index is 1.79. The van der Waals surface area contributed by atoms with Gasteiger partial charge in [-0.1, -0.05) is 17.7 Å². The molecule has 7 nitrogen and oxygen atoms in total. The summed E-state index contributed by atoms with van der Waals surface area (Å²) >= 11 is 5.91. The number of carbonyl (C=O) groups is 1. The highest BCUT2D eigenvalue weighted by Crippen LogP contribution is 2.30. The van der Waals surface area contributed by atoms with Gasteiger partial charge in [-0.15, -0.1) is 0 Å². The molecule has 0 bridgehead atoms. The maximum absolute atomic E-state index is 13.7. The minimum atomic E-state index is -4.14. The Morgan fingerprint density at radius 3 is 2.44 bits per heavy atom. The van der Waals surface area contributed by atoms with Gasteiger partial charge in [-0.3, -0.25) is 20.4 Å². The highest BCUT2D eigenvalue weighted by atomic mass is 35.5. The van der Waals surface area contributed by atoms with E-state index >= 15 is 0 Å². The number of ether oxygens (including phenoxy) is 1. The van der Waals surface area contributed by atoms with Crippen LogP contribution in [0.4, 0.5) is 24.5 Å². The Labute approximate surface area is 186 Å². The summed E-state index contributed by atoms with van der Waals surface area (Å²) in [6, 6.07) is 10.9. The van der Waals surface area contributed by atoms with Crippen LogP contribution in [0.3, 0.4) is 0 Å². The number of hydrazine groups is 1. The van der Waals surface area contributed by atoms with E-state index in [1.807, 2.05) is 0 Å². The molecule has 0 spiro atoms. The molecule has 3 N–H and O–H groups in total. The predicted molar refractivity (Wildman–Crippen MR) is 113 cm³/mol. The van der Waals surface area contributed by atoms with E-state index in [0.29, 0.717) is 6.07 Å². The van der Waals surface area contributed by atoms with Gasteiger partial charge in [0.15, 0.2) is 17.5 Å². The lowest BCUT2D eigenvalue weighted by Crippen LogP contribution is -2.30. The molecule has 0 fully saturated rings. The van der Waals surface area contributed by atoms with Gasteiger partial charge in [0.05, 0.1) is 23.4 Å². The fourth-order valence-electron chi connectivity index (χ4n) is 2.59. The molecule has 0 unspecified atom stereocenters. The third-order valence-electron chi connectivity index (χ3n) is 4.16. The molecule has 0 atom stereocenters. The summed E-state index contributed by atoms with van der Waals surface area (Å²) in [7, 11) is -2.79. The Morgan fingerprint density at radius 1 is 0.969 bits per heavy atom. The molecule has 0 radical (unpaired) electrons. The molecule has 3 aromatic rings. The van der Waals surface area contributed by atoms with Crippen molar-refractivity contribution in [2.24, 2.45) is 0 Å². The maximum Gasteiger partial charge on any atom is 0.269 e. The van der Waals surface area contributed by atoms with Crippen LogP contribution in [0.15, 0.2) is 59.5 Å². The molecule has 168 valence electrons. The number of nitrogens with one attached hydrogen (secondary N) is 3. The molecule has 32 heavy (non-hydrogen) atoms. The molecule has 3 aromatic carbocycles. The molecule has 0 aromatic heterocycles. The van der Waals surface area contributed by atoms with Crippen molar-refractivity contribution in [3.63, 3.8) is 0 Å². The van der Waals surface area contributed by atoms with Crippen LogP contribution in [0, 0.1) is 17.5 Å². The Kier molecular flexibility index (Phi) is 6.80. The van der Waals surface area contributed by atoms with Gasteiger partial charge in [-0.05, 0) is 48.5 Å². The van der Waals surface area contributed by atoms with Crippen LogP contribution in [-0.2, 0) is 10.0 Å². The predicted octanol–water partition coefficient (Wildman–Crippen LogP) is 4.32. The van der Waals surface area contributed by atoms with Crippen molar-refractivity contribution in [1.82, 2.24) is 5.43 Å². The number of amides is 1. The van der Waals surface area contributed by atoms with E-state index in [9.17, 15) is 26.4 Å². The Bertz CT molecular complexity index is 1290. The third-order valence-corrected chi connectivity index (χ3v) is 5.76. The van der Waals surface area contributed by atoms with Crippen LogP contribution in [0.5, 0.6) is 5.75 Å². The lowest BCUT2D eigenvalue weighted by Gasteiger charge is -2.13. The molecular weight excluding hydrogens is 471 g/mol. The average molecular weight is 486 g/mol. The van der Waals surface area contributed by atoms with Crippen LogP contribution in [-0.4, -0.2) is 21.4 Å². The summed E-state index contributed by atoms with van der Waals surface area (Å²) < 4.78 is 72.9. The molecular formula is C20H15ClF3N3O4S. The van der Waals surface area contributed by atoms with E-state index in [4.69, 9.17) is 16.3 Å². The minimum Gasteiger partial charge on any atom is -0.495 e. The van der Waals surface area contributed by atoms with E-state index in [0.717, 1.165) is 12.1 Å². The number of halogens is 4. The first-order chi connectivity index (χ1) is 15.1. The van der Waals surface area contributed by atoms with E-state index in [-0.39, 0.29) is 26.9 Å². The van der Waals surface area contributed by atoms with Crippen LogP contribution < -0.4 is 20.3 Å². The summed E-state index contributed by atoms with van der Waals surface area (Å²) in [5.74, 6) is -5.25. The second kappa shape index (κ2) is 9.37. The van der Waals surface area contributed by atoms with Crippen molar-refractivity contribution in [2.45, 2.75) is 4.90 Å². The minimum absolute atomic E-state index is 0.0883. The summed E-state index contributed by atoms with van der Waals surface area (Å²) in [5.41, 5.74) is 3.67. The van der Waals surface area contributed by atoms with Gasteiger partial charge in [-0.2, -0.15) is 0 Å². The van der Waals surface area contributed by atoms with Crippen LogP contribution in [0.1, 0.15) is 10.4 Å². The number of sulfonamides is 1. The number of hydrogen-bond donors (Lipinski definition) is 3. The van der Waals surface area contributed by atoms with Crippen molar-refractivity contribution in [2.75, 3.05) is 17.3 Å². The summed E-state index contributed by atoms with van der Waals surface area (Å²) in [5, 5.41) is 0.271. The molecule has 0 aliphatic heterocycles. The first-order valence-corrected chi connectivity index (χ1v) is 10.6. The van der Waals surface area contributed by atoms with Gasteiger partial charge in [0.1, 0.15) is 5.75 Å². The van der Waals surface area contributed by atoms with Gasteiger partial charge in [-0.25, -0.2) is 21.6 Å². The lowest BCUT2D eigenvalue weighted by atomic mass is 10.2. The average Bonchev–Trinajstić information content (AvgIpc) is 2.77. The molecule has 0 heterocycles. The first-order valence-electron chi connectivity index (χ1n) is 8.78. The molecule has 0 aliphatic rings. The zero-order valence-electron chi connectivity index (χ0n) is 16.2. The zero-order chi connectivity index (χ0) is 23.5. The van der Waals surface area contributed by atoms with Gasteiger partial charge >= 0.3 is 0 Å². The number of methoxy groups -OCH3 is 1. The summed E-state index contributed by atoms with van der Waals surface area (Å²) in [4.78, 5) is 12.1. The van der Waals surface area contributed by atoms with Gasteiger partial charge in [0.25, 0.3) is 15.9 Å². The number of anilines is 2. The van der Waals surface area contributed by atoms with Crippen molar-refractivity contribution in [1.29, 1.82) is 0 Å². The number of carbonyl (C=O) groups excluding carboxylic acids is 1. The van der Waals surface area contributed by atoms with Crippen molar-refractivity contribution >= 4 is 38.9 Å². The third kappa shape index (κ3) is 5.06. The fraction of sp³-hybridized carbons (Fsp3) is 0.0500. The van der Waals surface area contributed by atoms with Gasteiger partial charge < -0.3 is 4.74 Å². The molecule has 12 heteroatoms. The van der Waals surface area contributed by atoms with Crippen molar-refractivity contribution in [3.8, 4) is 5.75 Å². The van der Waals surface area contributed by atoms with E-state index < -0.39 is 39.1 Å². The fourth-order valence-corrected chi connectivity index (χ4v) is 3.87. The highest BCUT2D eigenvalue weighted by Gasteiger charge is 2.19. The number of rotatable bonds is 7. The van der Waals surface area contributed by atoms with Crippen molar-refractivity contribution in [3.05, 3.63) is 82.6 Å². The quantitative estimate of drug-likeness (QED) is 0.342. The number of benzene rings is 3. The maximum atomic E-state index is 13.7. The molecule has 0 saturated heterocycles. The smallest absolute Gasteiger partial charge is 0.269 e. The largest absolute Gasteiger partial charge is 0.495 e. The molecule has 1 amide bonds. The summed E-state index contributed by atoms with van der Waals surface area (Å²) in [6.45, 7) is 0. The van der Waals surface area contributed by atoms with Crippen LogP contribution >= 0.6 is 11.6 Å². The Hall–Kier alpha value is -3.44. The SMILES string of the molecule is COc1ccc(Cl)cc1NS(=O)(=O)c1cccc(C(=O)NNc2ccc(F)c(F)c2F)c1. The summed E-state index contributed by atoms with van der Waals surface area (Å²) in [6.07, 6.45) is 0. The topological polar surface area (TPSA) is 96.5 Å².